The maximum Gasteiger partial charge on any atom is 0.239 e. The molecule has 0 aliphatic carbocycles. The Labute approximate surface area is 139 Å². The van der Waals surface area contributed by atoms with Gasteiger partial charge in [-0.1, -0.05) is 30.1 Å². The molecular weight excluding hydrogens is 331 g/mol. The molecule has 21 heavy (non-hydrogen) atoms. The lowest BCUT2D eigenvalue weighted by atomic mass is 10.4. The summed E-state index contributed by atoms with van der Waals surface area (Å²) in [6.45, 7) is 2.59. The van der Waals surface area contributed by atoms with Crippen LogP contribution in [0.1, 0.15) is 13.3 Å². The fourth-order valence-corrected chi connectivity index (χ4v) is 3.03. The summed E-state index contributed by atoms with van der Waals surface area (Å²) in [6.07, 6.45) is 0.797. The van der Waals surface area contributed by atoms with Crippen molar-refractivity contribution in [2.75, 3.05) is 25.9 Å². The van der Waals surface area contributed by atoms with Crippen LogP contribution in [0.25, 0.3) is 0 Å². The van der Waals surface area contributed by atoms with Gasteiger partial charge < -0.3 is 10.2 Å². The van der Waals surface area contributed by atoms with E-state index in [9.17, 15) is 9.59 Å². The molecule has 7 heteroatoms. The fraction of sp³-hybridized carbons (Fsp3) is 0.429. The minimum atomic E-state index is -0.178. The molecule has 0 heterocycles. The second-order valence-electron chi connectivity index (χ2n) is 4.35. The van der Waals surface area contributed by atoms with Gasteiger partial charge in [0.1, 0.15) is 0 Å². The molecule has 0 atom stereocenters. The monoisotopic (exact) mass is 348 g/mol. The van der Waals surface area contributed by atoms with Crippen LogP contribution >= 0.6 is 35.0 Å². The summed E-state index contributed by atoms with van der Waals surface area (Å²) >= 11 is 13.3. The van der Waals surface area contributed by atoms with E-state index < -0.39 is 0 Å². The molecule has 0 bridgehead atoms. The predicted molar refractivity (Wildman–Crippen MR) is 88.1 cm³/mol. The number of thioether (sulfide) groups is 1. The first-order chi connectivity index (χ1) is 9.97. The molecule has 1 aromatic carbocycles. The van der Waals surface area contributed by atoms with Gasteiger partial charge in [-0.05, 0) is 24.6 Å². The second kappa shape index (κ2) is 9.18. The van der Waals surface area contributed by atoms with Crippen LogP contribution in [0.2, 0.25) is 10.0 Å². The van der Waals surface area contributed by atoms with Crippen LogP contribution in [0.15, 0.2) is 23.1 Å². The number of rotatable bonds is 7. The average molecular weight is 349 g/mol. The number of nitrogens with one attached hydrogen (secondary N) is 1. The standard InChI is InChI=1S/C14H18Cl2N2O2S/c1-3-6-18(8-13(19)17-2)14(20)9-21-12-7-10(15)4-5-11(12)16/h4-5,7H,3,6,8-9H2,1-2H3,(H,17,19). The zero-order valence-electron chi connectivity index (χ0n) is 12.0. The largest absolute Gasteiger partial charge is 0.358 e. The summed E-state index contributed by atoms with van der Waals surface area (Å²) in [7, 11) is 1.55. The van der Waals surface area contributed by atoms with Crippen LogP contribution in [0.5, 0.6) is 0 Å². The average Bonchev–Trinajstić information content (AvgIpc) is 2.47. The first-order valence-electron chi connectivity index (χ1n) is 6.54. The highest BCUT2D eigenvalue weighted by Gasteiger charge is 2.16. The van der Waals surface area contributed by atoms with Crippen molar-refractivity contribution in [3.63, 3.8) is 0 Å². The molecule has 0 aliphatic heterocycles. The second-order valence-corrected chi connectivity index (χ2v) is 6.21. The van der Waals surface area contributed by atoms with E-state index in [1.165, 1.54) is 11.8 Å². The van der Waals surface area contributed by atoms with Crippen molar-refractivity contribution < 1.29 is 9.59 Å². The molecule has 0 saturated heterocycles. The number of carbonyl (C=O) groups excluding carboxylic acids is 2. The molecule has 0 radical (unpaired) electrons. The molecule has 0 aliphatic rings. The third kappa shape index (κ3) is 6.16. The molecule has 1 N–H and O–H groups in total. The van der Waals surface area contributed by atoms with Crippen LogP contribution in [-0.2, 0) is 9.59 Å². The summed E-state index contributed by atoms with van der Waals surface area (Å²) < 4.78 is 0. The van der Waals surface area contributed by atoms with Crippen LogP contribution in [0.4, 0.5) is 0 Å². The lowest BCUT2D eigenvalue weighted by molar-refractivity contribution is -0.133. The van der Waals surface area contributed by atoms with Crippen LogP contribution in [0, 0.1) is 0 Å². The smallest absolute Gasteiger partial charge is 0.239 e. The van der Waals surface area contributed by atoms with Crippen LogP contribution < -0.4 is 5.32 Å². The van der Waals surface area contributed by atoms with E-state index in [0.29, 0.717) is 16.6 Å². The van der Waals surface area contributed by atoms with Crippen molar-refractivity contribution >= 4 is 46.8 Å². The minimum Gasteiger partial charge on any atom is -0.358 e. The van der Waals surface area contributed by atoms with Crippen LogP contribution in [0.3, 0.4) is 0 Å². The number of carbonyl (C=O) groups is 2. The van der Waals surface area contributed by atoms with Gasteiger partial charge in [-0.3, -0.25) is 9.59 Å². The molecule has 0 spiro atoms. The molecule has 0 unspecified atom stereocenters. The van der Waals surface area contributed by atoms with Gasteiger partial charge >= 0.3 is 0 Å². The van der Waals surface area contributed by atoms with Crippen LogP contribution in [-0.4, -0.2) is 42.6 Å². The molecule has 2 amide bonds. The Bertz CT molecular complexity index is 512. The third-order valence-corrected chi connectivity index (χ3v) is 4.42. The topological polar surface area (TPSA) is 49.4 Å². The Morgan fingerprint density at radius 1 is 1.33 bits per heavy atom. The quantitative estimate of drug-likeness (QED) is 0.770. The summed E-state index contributed by atoms with van der Waals surface area (Å²) in [5.41, 5.74) is 0. The first kappa shape index (κ1) is 18.1. The highest BCUT2D eigenvalue weighted by atomic mass is 35.5. The lowest BCUT2D eigenvalue weighted by Gasteiger charge is -2.21. The predicted octanol–water partition coefficient (Wildman–Crippen LogP) is 3.07. The van der Waals surface area contributed by atoms with Gasteiger partial charge in [0.2, 0.25) is 11.8 Å². The molecule has 0 fully saturated rings. The van der Waals surface area contributed by atoms with E-state index in [1.54, 1.807) is 30.1 Å². The Morgan fingerprint density at radius 2 is 2.05 bits per heavy atom. The van der Waals surface area contributed by atoms with E-state index in [4.69, 9.17) is 23.2 Å². The number of hydrogen-bond donors (Lipinski definition) is 1. The molecule has 0 aromatic heterocycles. The summed E-state index contributed by atoms with van der Waals surface area (Å²) in [5.74, 6) is -0.0547. The van der Waals surface area contributed by atoms with E-state index in [2.05, 4.69) is 5.32 Å². The Hall–Kier alpha value is -0.910. The van der Waals surface area contributed by atoms with Gasteiger partial charge in [0.15, 0.2) is 0 Å². The molecular formula is C14H18Cl2N2O2S. The van der Waals surface area contributed by atoms with Crippen molar-refractivity contribution in [2.45, 2.75) is 18.2 Å². The molecule has 116 valence electrons. The van der Waals surface area contributed by atoms with Crippen molar-refractivity contribution in [3.05, 3.63) is 28.2 Å². The zero-order valence-corrected chi connectivity index (χ0v) is 14.3. The number of likely N-dealkylation sites (N-methyl/N-ethyl adjacent to an activating group) is 1. The van der Waals surface area contributed by atoms with Gasteiger partial charge in [-0.2, -0.15) is 0 Å². The number of benzene rings is 1. The third-order valence-electron chi connectivity index (χ3n) is 2.70. The van der Waals surface area contributed by atoms with Crippen molar-refractivity contribution in [3.8, 4) is 0 Å². The van der Waals surface area contributed by atoms with Crippen molar-refractivity contribution in [1.29, 1.82) is 0 Å². The maximum absolute atomic E-state index is 12.2. The Kier molecular flexibility index (Phi) is 7.93. The normalized spacial score (nSPS) is 10.3. The Balaban J connectivity index is 2.64. The van der Waals surface area contributed by atoms with Gasteiger partial charge in [0.25, 0.3) is 0 Å². The molecule has 4 nitrogen and oxygen atoms in total. The van der Waals surface area contributed by atoms with Gasteiger partial charge in [-0.25, -0.2) is 0 Å². The fourth-order valence-electron chi connectivity index (χ4n) is 1.63. The van der Waals surface area contributed by atoms with E-state index in [-0.39, 0.29) is 24.1 Å². The first-order valence-corrected chi connectivity index (χ1v) is 8.28. The Morgan fingerprint density at radius 3 is 2.67 bits per heavy atom. The number of nitrogens with zero attached hydrogens (tertiary/aromatic N) is 1. The van der Waals surface area contributed by atoms with Gasteiger partial charge in [0.05, 0.1) is 17.3 Å². The molecule has 0 saturated carbocycles. The van der Waals surface area contributed by atoms with E-state index in [1.807, 2.05) is 6.92 Å². The van der Waals surface area contributed by atoms with Gasteiger partial charge in [-0.15, -0.1) is 11.8 Å². The lowest BCUT2D eigenvalue weighted by Crippen LogP contribution is -2.40. The maximum atomic E-state index is 12.2. The molecule has 1 rings (SSSR count). The molecule has 1 aromatic rings. The summed E-state index contributed by atoms with van der Waals surface area (Å²) in [5, 5.41) is 3.66. The highest BCUT2D eigenvalue weighted by Crippen LogP contribution is 2.29. The number of halogens is 2. The zero-order chi connectivity index (χ0) is 15.8. The summed E-state index contributed by atoms with van der Waals surface area (Å²) in [4.78, 5) is 25.9. The number of hydrogen-bond acceptors (Lipinski definition) is 3. The van der Waals surface area contributed by atoms with Crippen molar-refractivity contribution in [2.24, 2.45) is 0 Å². The SMILES string of the molecule is CCCN(CC(=O)NC)C(=O)CSc1cc(Cl)ccc1Cl. The van der Waals surface area contributed by atoms with Crippen molar-refractivity contribution in [1.82, 2.24) is 10.2 Å². The summed E-state index contributed by atoms with van der Waals surface area (Å²) in [6, 6.07) is 5.13. The minimum absolute atomic E-state index is 0.0764. The number of amides is 2. The van der Waals surface area contributed by atoms with Gasteiger partial charge in [0, 0.05) is 23.5 Å². The van der Waals surface area contributed by atoms with E-state index in [0.717, 1.165) is 11.3 Å². The van der Waals surface area contributed by atoms with E-state index >= 15 is 0 Å². The highest BCUT2D eigenvalue weighted by molar-refractivity contribution is 8.00.